The first-order valence-electron chi connectivity index (χ1n) is 8.50. The highest BCUT2D eigenvalue weighted by Crippen LogP contribution is 2.26. The van der Waals surface area contributed by atoms with Crippen molar-refractivity contribution in [1.82, 2.24) is 9.38 Å². The highest BCUT2D eigenvalue weighted by atomic mass is 79.9. The van der Waals surface area contributed by atoms with Crippen molar-refractivity contribution in [3.05, 3.63) is 95.7 Å². The van der Waals surface area contributed by atoms with Crippen molar-refractivity contribution in [3.8, 4) is 22.4 Å². The average molecular weight is 399 g/mol. The maximum Gasteiger partial charge on any atom is 0.137 e. The van der Waals surface area contributed by atoms with E-state index >= 15 is 0 Å². The Bertz CT molecular complexity index is 1240. The minimum absolute atomic E-state index is 0.951. The zero-order valence-electron chi connectivity index (χ0n) is 13.9. The molecule has 3 heteroatoms. The van der Waals surface area contributed by atoms with E-state index in [1.807, 2.05) is 12.1 Å². The van der Waals surface area contributed by atoms with Crippen LogP contribution in [0.25, 0.3) is 38.8 Å². The molecule has 0 unspecified atom stereocenters. The van der Waals surface area contributed by atoms with Crippen LogP contribution in [0, 0.1) is 0 Å². The van der Waals surface area contributed by atoms with Gasteiger partial charge in [0.1, 0.15) is 5.65 Å². The Morgan fingerprint density at radius 2 is 1.38 bits per heavy atom. The Morgan fingerprint density at radius 1 is 0.654 bits per heavy atom. The van der Waals surface area contributed by atoms with Gasteiger partial charge in [-0.15, -0.1) is 0 Å². The van der Waals surface area contributed by atoms with E-state index in [0.29, 0.717) is 0 Å². The van der Waals surface area contributed by atoms with Crippen molar-refractivity contribution in [1.29, 1.82) is 0 Å². The van der Waals surface area contributed by atoms with Gasteiger partial charge in [-0.2, -0.15) is 0 Å². The summed E-state index contributed by atoms with van der Waals surface area (Å²) in [6, 6.07) is 27.5. The third kappa shape index (κ3) is 2.71. The monoisotopic (exact) mass is 398 g/mol. The molecule has 0 aliphatic carbocycles. The maximum absolute atomic E-state index is 4.75. The fourth-order valence-electron chi connectivity index (χ4n) is 3.29. The molecule has 0 amide bonds. The van der Waals surface area contributed by atoms with Crippen molar-refractivity contribution >= 4 is 32.3 Å². The van der Waals surface area contributed by atoms with Crippen LogP contribution in [0.4, 0.5) is 0 Å². The zero-order valence-corrected chi connectivity index (χ0v) is 15.5. The number of pyridine rings is 1. The molecule has 5 rings (SSSR count). The third-order valence-electron chi connectivity index (χ3n) is 4.67. The highest BCUT2D eigenvalue weighted by Gasteiger charge is 2.06. The lowest BCUT2D eigenvalue weighted by atomic mass is 10.0. The lowest BCUT2D eigenvalue weighted by Crippen LogP contribution is -1.85. The molecular weight excluding hydrogens is 384 g/mol. The van der Waals surface area contributed by atoms with Crippen molar-refractivity contribution in [2.24, 2.45) is 0 Å². The number of hydrogen-bond acceptors (Lipinski definition) is 1. The van der Waals surface area contributed by atoms with E-state index in [2.05, 4.69) is 99.5 Å². The van der Waals surface area contributed by atoms with Gasteiger partial charge in [-0.3, -0.25) is 0 Å². The van der Waals surface area contributed by atoms with Crippen LogP contribution in [0.3, 0.4) is 0 Å². The summed E-state index contributed by atoms with van der Waals surface area (Å²) in [5.74, 6) is 0. The predicted molar refractivity (Wildman–Crippen MR) is 111 cm³/mol. The Balaban J connectivity index is 1.59. The van der Waals surface area contributed by atoms with E-state index in [1.165, 1.54) is 21.9 Å². The number of rotatable bonds is 2. The maximum atomic E-state index is 4.75. The molecule has 0 fully saturated rings. The largest absolute Gasteiger partial charge is 0.306 e. The van der Waals surface area contributed by atoms with Gasteiger partial charge in [-0.25, -0.2) is 4.98 Å². The normalized spacial score (nSPS) is 11.3. The van der Waals surface area contributed by atoms with Gasteiger partial charge < -0.3 is 4.40 Å². The van der Waals surface area contributed by atoms with E-state index in [9.17, 15) is 0 Å². The van der Waals surface area contributed by atoms with E-state index in [0.717, 1.165) is 21.4 Å². The summed E-state index contributed by atoms with van der Waals surface area (Å²) >= 11 is 3.48. The van der Waals surface area contributed by atoms with Gasteiger partial charge >= 0.3 is 0 Å². The second kappa shape index (κ2) is 6.11. The Hall–Kier alpha value is -2.91. The second-order valence-electron chi connectivity index (χ2n) is 6.38. The molecule has 2 aromatic heterocycles. The molecule has 0 N–H and O–H groups in total. The van der Waals surface area contributed by atoms with Gasteiger partial charge in [0, 0.05) is 22.4 Å². The lowest BCUT2D eigenvalue weighted by Gasteiger charge is -2.05. The molecular formula is C23H15BrN2. The molecule has 0 saturated heterocycles. The number of imidazole rings is 1. The summed E-state index contributed by atoms with van der Waals surface area (Å²) in [5.41, 5.74) is 5.44. The molecule has 0 saturated carbocycles. The first-order chi connectivity index (χ1) is 12.8. The highest BCUT2D eigenvalue weighted by molar-refractivity contribution is 9.10. The number of halogens is 1. The van der Waals surface area contributed by atoms with E-state index < -0.39 is 0 Å². The Morgan fingerprint density at radius 3 is 2.23 bits per heavy atom. The SMILES string of the molecule is Brc1ccc(-c2cn3cc(-c4ccc5ccccc5c4)ccc3n2)cc1. The summed E-state index contributed by atoms with van der Waals surface area (Å²) < 4.78 is 3.17. The molecule has 26 heavy (non-hydrogen) atoms. The van der Waals surface area contributed by atoms with Gasteiger partial charge in [0.05, 0.1) is 5.69 Å². The second-order valence-corrected chi connectivity index (χ2v) is 7.29. The van der Waals surface area contributed by atoms with Crippen LogP contribution >= 0.6 is 15.9 Å². The van der Waals surface area contributed by atoms with Gasteiger partial charge in [-0.05, 0) is 52.2 Å². The molecule has 0 bridgehead atoms. The first kappa shape index (κ1) is 15.4. The van der Waals surface area contributed by atoms with Gasteiger partial charge in [0.15, 0.2) is 0 Å². The van der Waals surface area contributed by atoms with Crippen molar-refractivity contribution in [2.75, 3.05) is 0 Å². The lowest BCUT2D eigenvalue weighted by molar-refractivity contribution is 1.19. The third-order valence-corrected chi connectivity index (χ3v) is 5.20. The number of benzene rings is 3. The fourth-order valence-corrected chi connectivity index (χ4v) is 3.56. The van der Waals surface area contributed by atoms with Crippen LogP contribution in [-0.2, 0) is 0 Å². The number of fused-ring (bicyclic) bond motifs is 2. The Labute approximate surface area is 159 Å². The predicted octanol–water partition coefficient (Wildman–Crippen LogP) is 6.58. The molecule has 124 valence electrons. The molecule has 2 heterocycles. The summed E-state index contributed by atoms with van der Waals surface area (Å²) in [5, 5.41) is 2.52. The van der Waals surface area contributed by atoms with Gasteiger partial charge in [0.25, 0.3) is 0 Å². The van der Waals surface area contributed by atoms with Crippen LogP contribution in [-0.4, -0.2) is 9.38 Å². The molecule has 0 spiro atoms. The Kier molecular flexibility index (Phi) is 3.61. The fraction of sp³-hybridized carbons (Fsp3) is 0. The van der Waals surface area contributed by atoms with Crippen LogP contribution in [0.15, 0.2) is 95.7 Å². The van der Waals surface area contributed by atoms with Crippen molar-refractivity contribution in [2.45, 2.75) is 0 Å². The average Bonchev–Trinajstić information content (AvgIpc) is 3.11. The first-order valence-corrected chi connectivity index (χ1v) is 9.29. The molecule has 0 aliphatic rings. The van der Waals surface area contributed by atoms with Crippen molar-refractivity contribution in [3.63, 3.8) is 0 Å². The van der Waals surface area contributed by atoms with E-state index in [-0.39, 0.29) is 0 Å². The van der Waals surface area contributed by atoms with Crippen LogP contribution in [0.5, 0.6) is 0 Å². The molecule has 2 nitrogen and oxygen atoms in total. The topological polar surface area (TPSA) is 17.3 Å². The summed E-state index contributed by atoms with van der Waals surface area (Å²) in [6.45, 7) is 0. The minimum Gasteiger partial charge on any atom is -0.306 e. The van der Waals surface area contributed by atoms with Crippen molar-refractivity contribution < 1.29 is 0 Å². The molecule has 0 atom stereocenters. The smallest absolute Gasteiger partial charge is 0.137 e. The van der Waals surface area contributed by atoms with Crippen LogP contribution in [0.2, 0.25) is 0 Å². The summed E-state index contributed by atoms with van der Waals surface area (Å²) in [7, 11) is 0. The van der Waals surface area contributed by atoms with Gasteiger partial charge in [-0.1, -0.05) is 64.5 Å². The molecule has 0 radical (unpaired) electrons. The quantitative estimate of drug-likeness (QED) is 0.328. The molecule has 5 aromatic rings. The standard InChI is InChI=1S/C23H15BrN2/c24-21-10-7-17(8-11-21)22-15-26-14-20(9-12-23(26)25-22)19-6-5-16-3-1-2-4-18(16)13-19/h1-15H. The summed E-state index contributed by atoms with van der Waals surface area (Å²) in [6.07, 6.45) is 4.23. The van der Waals surface area contributed by atoms with E-state index in [4.69, 9.17) is 4.98 Å². The number of nitrogens with zero attached hydrogens (tertiary/aromatic N) is 2. The zero-order chi connectivity index (χ0) is 17.5. The number of hydrogen-bond donors (Lipinski definition) is 0. The summed E-state index contributed by atoms with van der Waals surface area (Å²) in [4.78, 5) is 4.75. The van der Waals surface area contributed by atoms with Crippen LogP contribution in [0.1, 0.15) is 0 Å². The number of aromatic nitrogens is 2. The molecule has 0 aliphatic heterocycles. The van der Waals surface area contributed by atoms with Gasteiger partial charge in [0.2, 0.25) is 0 Å². The molecule has 3 aromatic carbocycles. The minimum atomic E-state index is 0.951. The van der Waals surface area contributed by atoms with Crippen LogP contribution < -0.4 is 0 Å². The van der Waals surface area contributed by atoms with E-state index in [1.54, 1.807) is 0 Å².